The highest BCUT2D eigenvalue weighted by molar-refractivity contribution is 5.81. The van der Waals surface area contributed by atoms with E-state index in [-0.39, 0.29) is 35.3 Å². The topological polar surface area (TPSA) is 26.8 Å². The molecular weight excluding hydrogens is 439 g/mol. The molecule has 0 N–H and O–H groups in total. The van der Waals surface area contributed by atoms with E-state index >= 15 is 0 Å². The van der Waals surface area contributed by atoms with Gasteiger partial charge in [0.05, 0.1) is 5.92 Å². The van der Waals surface area contributed by atoms with Crippen molar-refractivity contribution in [3.8, 4) is 0 Å². The van der Waals surface area contributed by atoms with Gasteiger partial charge < -0.3 is 9.80 Å². The second kappa shape index (κ2) is 9.25. The first-order valence-corrected chi connectivity index (χ1v) is 12.0. The number of nitrogens with zero attached hydrogens (tertiary/aromatic N) is 3. The first-order chi connectivity index (χ1) is 16.0. The highest BCUT2D eigenvalue weighted by Crippen LogP contribution is 2.39. The van der Waals surface area contributed by atoms with Crippen LogP contribution in [-0.4, -0.2) is 59.5 Å². The predicted octanol–water partition coefficient (Wildman–Crippen LogP) is 5.04. The maximum atomic E-state index is 14.8. The number of anilines is 1. The summed E-state index contributed by atoms with van der Waals surface area (Å²) in [5, 5.41) is 0. The van der Waals surface area contributed by atoms with Crippen molar-refractivity contribution in [2.75, 3.05) is 31.1 Å². The van der Waals surface area contributed by atoms with Crippen molar-refractivity contribution < 1.29 is 18.0 Å². The smallest absolute Gasteiger partial charge is 0.227 e. The number of carbonyl (C=O) groups is 1. The summed E-state index contributed by atoms with van der Waals surface area (Å²) in [5.41, 5.74) is 1.02. The molecule has 0 aliphatic carbocycles. The molecule has 2 aromatic rings. The van der Waals surface area contributed by atoms with E-state index in [9.17, 15) is 18.0 Å². The average molecular weight is 474 g/mol. The summed E-state index contributed by atoms with van der Waals surface area (Å²) in [6.45, 7) is 12.4. The van der Waals surface area contributed by atoms with Crippen molar-refractivity contribution >= 4 is 11.6 Å². The summed E-state index contributed by atoms with van der Waals surface area (Å²) in [4.78, 5) is 20.1. The van der Waals surface area contributed by atoms with E-state index in [2.05, 4.69) is 30.6 Å². The second-order valence-electron chi connectivity index (χ2n) is 10.8. The summed E-state index contributed by atoms with van der Waals surface area (Å²) < 4.78 is 42.2. The number of piperazine rings is 1. The molecule has 184 valence electrons. The molecule has 0 spiro atoms. The largest absolute Gasteiger partial charge is 0.362 e. The molecule has 4 nitrogen and oxygen atoms in total. The van der Waals surface area contributed by atoms with Crippen LogP contribution in [0.3, 0.4) is 0 Å². The Balaban J connectivity index is 1.58. The van der Waals surface area contributed by atoms with Crippen LogP contribution in [0.25, 0.3) is 0 Å². The molecule has 2 fully saturated rings. The maximum absolute atomic E-state index is 14.8. The Morgan fingerprint density at radius 1 is 0.882 bits per heavy atom. The van der Waals surface area contributed by atoms with E-state index in [1.807, 2.05) is 24.8 Å². The summed E-state index contributed by atoms with van der Waals surface area (Å²) in [5.74, 6) is -2.27. The van der Waals surface area contributed by atoms with Crippen molar-refractivity contribution in [3.05, 3.63) is 65.5 Å². The SMILES string of the molecule is C[C@@H]1CN(C(=O)[C@@H]2CN(C(C)(C)C)C[C@H]2c2ccc(F)cc2F)C[C@H](C)N1c1cccc(F)c1. The van der Waals surface area contributed by atoms with E-state index in [0.717, 1.165) is 11.8 Å². The molecule has 4 atom stereocenters. The minimum Gasteiger partial charge on any atom is -0.362 e. The first-order valence-electron chi connectivity index (χ1n) is 12.0. The third kappa shape index (κ3) is 4.81. The van der Waals surface area contributed by atoms with Crippen molar-refractivity contribution in [1.29, 1.82) is 0 Å². The number of rotatable bonds is 3. The van der Waals surface area contributed by atoms with Crippen LogP contribution in [-0.2, 0) is 4.79 Å². The van der Waals surface area contributed by atoms with Crippen molar-refractivity contribution in [3.63, 3.8) is 0 Å². The number of hydrogen-bond acceptors (Lipinski definition) is 3. The van der Waals surface area contributed by atoms with E-state index in [1.165, 1.54) is 24.3 Å². The zero-order chi connectivity index (χ0) is 24.8. The van der Waals surface area contributed by atoms with E-state index in [4.69, 9.17) is 0 Å². The summed E-state index contributed by atoms with van der Waals surface area (Å²) in [7, 11) is 0. The highest BCUT2D eigenvalue weighted by Gasteiger charge is 2.45. The van der Waals surface area contributed by atoms with Gasteiger partial charge in [-0.2, -0.15) is 0 Å². The first kappa shape index (κ1) is 24.6. The number of benzene rings is 2. The molecule has 0 bridgehead atoms. The number of halogens is 3. The van der Waals surface area contributed by atoms with Crippen LogP contribution in [0.2, 0.25) is 0 Å². The monoisotopic (exact) mass is 473 g/mol. The van der Waals surface area contributed by atoms with Crippen LogP contribution in [0.15, 0.2) is 42.5 Å². The third-order valence-corrected chi connectivity index (χ3v) is 7.28. The standard InChI is InChI=1S/C27H34F3N3O/c1-17-13-31(14-18(2)33(17)21-8-6-7-19(28)11-21)26(34)24-16-32(27(3,4)5)15-23(24)22-10-9-20(29)12-25(22)30/h6-12,17-18,23-24H,13-16H2,1-5H3/t17-,18+,23-,24+/m0/s1. The maximum Gasteiger partial charge on any atom is 0.227 e. The Hall–Kier alpha value is -2.54. The number of carbonyl (C=O) groups excluding carboxylic acids is 1. The highest BCUT2D eigenvalue weighted by atomic mass is 19.1. The molecule has 4 rings (SSSR count). The fraction of sp³-hybridized carbons (Fsp3) is 0.519. The molecule has 7 heteroatoms. The quantitative estimate of drug-likeness (QED) is 0.625. The van der Waals surface area contributed by atoms with Crippen molar-refractivity contribution in [2.45, 2.75) is 58.2 Å². The lowest BCUT2D eigenvalue weighted by Crippen LogP contribution is -2.59. The van der Waals surface area contributed by atoms with Crippen LogP contribution in [0.1, 0.15) is 46.1 Å². The molecule has 0 saturated carbocycles. The molecule has 2 aliphatic rings. The Kier molecular flexibility index (Phi) is 6.69. The third-order valence-electron chi connectivity index (χ3n) is 7.28. The van der Waals surface area contributed by atoms with Crippen LogP contribution < -0.4 is 4.90 Å². The normalized spacial score (nSPS) is 26.2. The van der Waals surface area contributed by atoms with Gasteiger partial charge in [-0.25, -0.2) is 13.2 Å². The van der Waals surface area contributed by atoms with E-state index < -0.39 is 17.6 Å². The summed E-state index contributed by atoms with van der Waals surface area (Å²) in [6, 6.07) is 10.2. The molecule has 0 unspecified atom stereocenters. The Labute approximate surface area is 200 Å². The number of hydrogen-bond donors (Lipinski definition) is 0. The Morgan fingerprint density at radius 2 is 1.53 bits per heavy atom. The zero-order valence-corrected chi connectivity index (χ0v) is 20.6. The zero-order valence-electron chi connectivity index (χ0n) is 20.6. The van der Waals surface area contributed by atoms with Gasteiger partial charge in [0.15, 0.2) is 0 Å². The van der Waals surface area contributed by atoms with Gasteiger partial charge in [0.1, 0.15) is 17.5 Å². The van der Waals surface area contributed by atoms with Gasteiger partial charge in [-0.3, -0.25) is 9.69 Å². The van der Waals surface area contributed by atoms with Gasteiger partial charge in [0.2, 0.25) is 5.91 Å². The summed E-state index contributed by atoms with van der Waals surface area (Å²) in [6.07, 6.45) is 0. The minimum atomic E-state index is -0.620. The van der Waals surface area contributed by atoms with Gasteiger partial charge >= 0.3 is 0 Å². The van der Waals surface area contributed by atoms with Crippen LogP contribution in [0.5, 0.6) is 0 Å². The van der Waals surface area contributed by atoms with Crippen molar-refractivity contribution in [2.24, 2.45) is 5.92 Å². The molecule has 2 aliphatic heterocycles. The van der Waals surface area contributed by atoms with Crippen LogP contribution in [0.4, 0.5) is 18.9 Å². The van der Waals surface area contributed by atoms with Crippen LogP contribution in [0, 0.1) is 23.4 Å². The molecule has 2 saturated heterocycles. The van der Waals surface area contributed by atoms with E-state index in [0.29, 0.717) is 31.7 Å². The fourth-order valence-corrected chi connectivity index (χ4v) is 5.60. The van der Waals surface area contributed by atoms with Gasteiger partial charge in [0.25, 0.3) is 0 Å². The molecule has 2 aromatic carbocycles. The lowest BCUT2D eigenvalue weighted by Gasteiger charge is -2.46. The number of likely N-dealkylation sites (tertiary alicyclic amines) is 1. The average Bonchev–Trinajstić information content (AvgIpc) is 3.18. The van der Waals surface area contributed by atoms with Gasteiger partial charge in [-0.05, 0) is 64.4 Å². The molecule has 0 aromatic heterocycles. The Morgan fingerprint density at radius 3 is 2.12 bits per heavy atom. The lowest BCUT2D eigenvalue weighted by molar-refractivity contribution is -0.137. The molecule has 0 radical (unpaired) electrons. The second-order valence-corrected chi connectivity index (χ2v) is 10.8. The minimum absolute atomic E-state index is 0.00179. The molecule has 1 amide bonds. The summed E-state index contributed by atoms with van der Waals surface area (Å²) >= 11 is 0. The number of amides is 1. The van der Waals surface area contributed by atoms with Gasteiger partial charge in [0, 0.05) is 61.5 Å². The Bertz CT molecular complexity index is 1040. The van der Waals surface area contributed by atoms with Gasteiger partial charge in [-0.1, -0.05) is 12.1 Å². The van der Waals surface area contributed by atoms with E-state index in [1.54, 1.807) is 6.07 Å². The molecule has 34 heavy (non-hydrogen) atoms. The van der Waals surface area contributed by atoms with Gasteiger partial charge in [-0.15, -0.1) is 0 Å². The predicted molar refractivity (Wildman–Crippen MR) is 128 cm³/mol. The fourth-order valence-electron chi connectivity index (χ4n) is 5.60. The lowest BCUT2D eigenvalue weighted by atomic mass is 9.87. The molecular formula is C27H34F3N3O. The van der Waals surface area contributed by atoms with Crippen molar-refractivity contribution in [1.82, 2.24) is 9.80 Å². The molecule has 2 heterocycles. The van der Waals surface area contributed by atoms with Crippen LogP contribution >= 0.6 is 0 Å².